The molecule has 0 aliphatic heterocycles. The maximum absolute atomic E-state index is 12.0. The smallest absolute Gasteiger partial charge is 0.343 e. The van der Waals surface area contributed by atoms with Gasteiger partial charge in [-0.3, -0.25) is 0 Å². The Kier molecular flexibility index (Phi) is 5.58. The highest BCUT2D eigenvalue weighted by atomic mass is 79.9. The lowest BCUT2D eigenvalue weighted by Gasteiger charge is -2.11. The van der Waals surface area contributed by atoms with E-state index >= 15 is 0 Å². The maximum atomic E-state index is 12.0. The van der Waals surface area contributed by atoms with E-state index in [1.807, 2.05) is 30.5 Å². The third kappa shape index (κ3) is 4.18. The second-order valence-corrected chi connectivity index (χ2v) is 5.66. The molecule has 0 radical (unpaired) electrons. The molecule has 0 unspecified atom stereocenters. The van der Waals surface area contributed by atoms with Gasteiger partial charge < -0.3 is 10.1 Å². The van der Waals surface area contributed by atoms with Gasteiger partial charge in [0.2, 0.25) is 0 Å². The third-order valence-electron chi connectivity index (χ3n) is 2.55. The molecule has 1 aromatic carbocycles. The lowest BCUT2D eigenvalue weighted by atomic mass is 10.2. The zero-order valence-corrected chi connectivity index (χ0v) is 14.0. The predicted molar refractivity (Wildman–Crippen MR) is 87.2 cm³/mol. The molecule has 110 valence electrons. The van der Waals surface area contributed by atoms with Crippen molar-refractivity contribution in [3.8, 4) is 0 Å². The summed E-state index contributed by atoms with van der Waals surface area (Å²) in [6.07, 6.45) is 3.36. The van der Waals surface area contributed by atoms with Gasteiger partial charge in [0.1, 0.15) is 11.4 Å². The van der Waals surface area contributed by atoms with E-state index in [2.05, 4.69) is 31.2 Å². The number of aromatic nitrogens is 2. The van der Waals surface area contributed by atoms with Crippen LogP contribution in [0.25, 0.3) is 0 Å². The highest BCUT2D eigenvalue weighted by molar-refractivity contribution is 9.10. The minimum atomic E-state index is -0.440. The largest absolute Gasteiger partial charge is 0.462 e. The first kappa shape index (κ1) is 15.8. The molecule has 7 heteroatoms. The number of carbonyl (C=O) groups is 1. The molecule has 0 spiro atoms. The molecule has 0 aliphatic rings. The van der Waals surface area contributed by atoms with Crippen molar-refractivity contribution < 1.29 is 9.53 Å². The van der Waals surface area contributed by atoms with Gasteiger partial charge in [-0.05, 0) is 37.4 Å². The van der Waals surface area contributed by atoms with Crippen molar-refractivity contribution in [2.45, 2.75) is 12.1 Å². The van der Waals surface area contributed by atoms with Gasteiger partial charge in [0.15, 0.2) is 5.16 Å². The van der Waals surface area contributed by atoms with Crippen LogP contribution in [0.15, 0.2) is 40.1 Å². The van der Waals surface area contributed by atoms with Crippen LogP contribution in [0.3, 0.4) is 0 Å². The number of ether oxygens (including phenoxy) is 1. The van der Waals surface area contributed by atoms with Crippen LogP contribution in [-0.2, 0) is 4.74 Å². The topological polar surface area (TPSA) is 64.1 Å². The van der Waals surface area contributed by atoms with Gasteiger partial charge >= 0.3 is 5.97 Å². The summed E-state index contributed by atoms with van der Waals surface area (Å²) in [6.45, 7) is 2.07. The molecule has 0 saturated carbocycles. The Morgan fingerprint density at radius 3 is 2.71 bits per heavy atom. The molecule has 1 N–H and O–H groups in total. The lowest BCUT2D eigenvalue weighted by Crippen LogP contribution is -2.10. The summed E-state index contributed by atoms with van der Waals surface area (Å²) < 4.78 is 6.00. The summed E-state index contributed by atoms with van der Waals surface area (Å²) in [5.41, 5.74) is 1.15. The second-order valence-electron chi connectivity index (χ2n) is 3.97. The van der Waals surface area contributed by atoms with Crippen molar-refractivity contribution in [1.29, 1.82) is 0 Å². The van der Waals surface area contributed by atoms with Crippen molar-refractivity contribution in [3.63, 3.8) is 0 Å². The maximum Gasteiger partial charge on any atom is 0.343 e. The molecule has 0 fully saturated rings. The van der Waals surface area contributed by atoms with Gasteiger partial charge in [-0.25, -0.2) is 14.8 Å². The van der Waals surface area contributed by atoms with Crippen LogP contribution in [0.2, 0.25) is 0 Å². The minimum absolute atomic E-state index is 0.306. The van der Waals surface area contributed by atoms with Crippen LogP contribution in [0.1, 0.15) is 17.3 Å². The quantitative estimate of drug-likeness (QED) is 0.491. The predicted octanol–water partition coefficient (Wildman–Crippen LogP) is 3.88. The Balaban J connectivity index is 2.34. The lowest BCUT2D eigenvalue weighted by molar-refractivity contribution is 0.0526. The highest BCUT2D eigenvalue weighted by Crippen LogP contribution is 2.23. The summed E-state index contributed by atoms with van der Waals surface area (Å²) in [7, 11) is 0. The van der Waals surface area contributed by atoms with Crippen LogP contribution >= 0.6 is 27.7 Å². The van der Waals surface area contributed by atoms with E-state index in [0.29, 0.717) is 23.1 Å². The third-order valence-corrected chi connectivity index (χ3v) is 3.64. The average Bonchev–Trinajstić information content (AvgIpc) is 2.49. The normalized spacial score (nSPS) is 10.2. The van der Waals surface area contributed by atoms with E-state index in [-0.39, 0.29) is 0 Å². The van der Waals surface area contributed by atoms with E-state index in [1.54, 1.807) is 6.92 Å². The van der Waals surface area contributed by atoms with E-state index in [9.17, 15) is 4.79 Å². The number of anilines is 2. The van der Waals surface area contributed by atoms with Crippen molar-refractivity contribution in [1.82, 2.24) is 9.97 Å². The van der Waals surface area contributed by atoms with Crippen molar-refractivity contribution >= 4 is 45.2 Å². The molecule has 0 saturated heterocycles. The summed E-state index contributed by atoms with van der Waals surface area (Å²) in [6, 6.07) is 7.59. The van der Waals surface area contributed by atoms with Gasteiger partial charge in [0.05, 0.1) is 6.61 Å². The van der Waals surface area contributed by atoms with E-state index in [1.165, 1.54) is 18.0 Å². The number of thioether (sulfide) groups is 1. The number of hydrogen-bond donors (Lipinski definition) is 1. The molecule has 21 heavy (non-hydrogen) atoms. The number of carbonyl (C=O) groups excluding carboxylic acids is 1. The summed E-state index contributed by atoms with van der Waals surface area (Å²) in [5.74, 6) is -0.000104. The molecule has 1 aromatic heterocycles. The summed E-state index contributed by atoms with van der Waals surface area (Å²) in [4.78, 5) is 20.4. The van der Waals surface area contributed by atoms with Gasteiger partial charge in [-0.2, -0.15) is 0 Å². The average molecular weight is 368 g/mol. The van der Waals surface area contributed by atoms with Gasteiger partial charge in [0, 0.05) is 16.4 Å². The van der Waals surface area contributed by atoms with Crippen LogP contribution in [-0.4, -0.2) is 28.8 Å². The van der Waals surface area contributed by atoms with E-state index in [0.717, 1.165) is 10.2 Å². The van der Waals surface area contributed by atoms with Crippen molar-refractivity contribution in [2.24, 2.45) is 0 Å². The molecule has 5 nitrogen and oxygen atoms in total. The minimum Gasteiger partial charge on any atom is -0.462 e. The molecule has 0 aliphatic carbocycles. The second kappa shape index (κ2) is 7.42. The number of nitrogens with zero attached hydrogens (tertiary/aromatic N) is 2. The summed E-state index contributed by atoms with van der Waals surface area (Å²) in [5, 5.41) is 3.71. The first-order chi connectivity index (χ1) is 10.1. The molecule has 0 bridgehead atoms. The van der Waals surface area contributed by atoms with Crippen LogP contribution in [0, 0.1) is 0 Å². The fraction of sp³-hybridized carbons (Fsp3) is 0.214. The number of rotatable bonds is 5. The van der Waals surface area contributed by atoms with Crippen LogP contribution in [0.5, 0.6) is 0 Å². The SMILES string of the molecule is CCOC(=O)c1cnc(SC)nc1Nc1ccc(Br)cc1. The molecule has 2 aromatic rings. The Morgan fingerprint density at radius 1 is 1.38 bits per heavy atom. The fourth-order valence-corrected chi connectivity index (χ4v) is 2.19. The fourth-order valence-electron chi connectivity index (χ4n) is 1.59. The molecule has 0 amide bonds. The van der Waals surface area contributed by atoms with Gasteiger partial charge in [-0.1, -0.05) is 27.7 Å². The Hall–Kier alpha value is -1.60. The van der Waals surface area contributed by atoms with Crippen molar-refractivity contribution in [2.75, 3.05) is 18.2 Å². The Labute approximate surface area is 135 Å². The highest BCUT2D eigenvalue weighted by Gasteiger charge is 2.16. The number of benzene rings is 1. The Morgan fingerprint density at radius 2 is 2.10 bits per heavy atom. The summed E-state index contributed by atoms with van der Waals surface area (Å²) >= 11 is 4.79. The number of halogens is 1. The van der Waals surface area contributed by atoms with Crippen LogP contribution in [0.4, 0.5) is 11.5 Å². The van der Waals surface area contributed by atoms with E-state index in [4.69, 9.17) is 4.74 Å². The molecular formula is C14H14BrN3O2S. The number of esters is 1. The first-order valence-electron chi connectivity index (χ1n) is 6.24. The molecule has 1 heterocycles. The van der Waals surface area contributed by atoms with Gasteiger partial charge in [-0.15, -0.1) is 0 Å². The monoisotopic (exact) mass is 367 g/mol. The standard InChI is InChI=1S/C14H14BrN3O2S/c1-3-20-13(19)11-8-16-14(21-2)18-12(11)17-10-6-4-9(15)5-7-10/h4-8H,3H2,1-2H3,(H,16,17,18). The van der Waals surface area contributed by atoms with Gasteiger partial charge in [0.25, 0.3) is 0 Å². The molecule has 2 rings (SSSR count). The van der Waals surface area contributed by atoms with Crippen LogP contribution < -0.4 is 5.32 Å². The van der Waals surface area contributed by atoms with E-state index < -0.39 is 5.97 Å². The number of hydrogen-bond acceptors (Lipinski definition) is 6. The zero-order valence-electron chi connectivity index (χ0n) is 11.6. The first-order valence-corrected chi connectivity index (χ1v) is 8.26. The van der Waals surface area contributed by atoms with Crippen molar-refractivity contribution in [3.05, 3.63) is 40.5 Å². The Bertz CT molecular complexity index is 635. The molecular weight excluding hydrogens is 354 g/mol. The zero-order chi connectivity index (χ0) is 15.2. The molecule has 0 atom stereocenters. The number of nitrogens with one attached hydrogen (secondary N) is 1.